The molecule has 0 saturated carbocycles. The summed E-state index contributed by atoms with van der Waals surface area (Å²) in [6.45, 7) is 5.72. The molecule has 1 unspecified atom stereocenters. The molecular formula is C11H15N5O2. The number of carbonyl (C=O) groups excluding carboxylic acids is 1. The number of carbonyl (C=O) groups is 1. The van der Waals surface area contributed by atoms with E-state index in [1.807, 2.05) is 13.8 Å². The third kappa shape index (κ3) is 2.39. The molecule has 0 aliphatic carbocycles. The molecule has 7 nitrogen and oxygen atoms in total. The van der Waals surface area contributed by atoms with Crippen molar-refractivity contribution in [3.05, 3.63) is 30.2 Å². The van der Waals surface area contributed by atoms with Gasteiger partial charge in [-0.25, -0.2) is 0 Å². The summed E-state index contributed by atoms with van der Waals surface area (Å²) in [6.07, 6.45) is 2.84. The van der Waals surface area contributed by atoms with Crippen molar-refractivity contribution in [3.8, 4) is 0 Å². The fourth-order valence-electron chi connectivity index (χ4n) is 1.61. The summed E-state index contributed by atoms with van der Waals surface area (Å²) in [5.41, 5.74) is 0.514. The van der Waals surface area contributed by atoms with Crippen molar-refractivity contribution in [3.63, 3.8) is 0 Å². The molecule has 1 N–H and O–H groups in total. The van der Waals surface area contributed by atoms with Crippen molar-refractivity contribution >= 4 is 5.91 Å². The van der Waals surface area contributed by atoms with Crippen molar-refractivity contribution in [2.45, 2.75) is 32.9 Å². The fraction of sp³-hybridized carbons (Fsp3) is 0.455. The molecule has 0 radical (unpaired) electrons. The van der Waals surface area contributed by atoms with Crippen LogP contribution in [0.5, 0.6) is 0 Å². The normalized spacial score (nSPS) is 12.7. The Labute approximate surface area is 104 Å². The minimum atomic E-state index is -0.313. The average molecular weight is 249 g/mol. The smallest absolute Gasteiger partial charge is 0.270 e. The van der Waals surface area contributed by atoms with Crippen molar-refractivity contribution < 1.29 is 9.32 Å². The maximum Gasteiger partial charge on any atom is 0.270 e. The summed E-state index contributed by atoms with van der Waals surface area (Å²) in [5, 5.41) is 10.6. The minimum Gasteiger partial charge on any atom is -0.343 e. The third-order valence-corrected chi connectivity index (χ3v) is 2.51. The van der Waals surface area contributed by atoms with Crippen LogP contribution in [0.15, 0.2) is 23.2 Å². The van der Waals surface area contributed by atoms with Crippen LogP contribution in [-0.2, 0) is 0 Å². The molecule has 0 aromatic carbocycles. The summed E-state index contributed by atoms with van der Waals surface area (Å²) in [6, 6.07) is 1.49. The minimum absolute atomic E-state index is 0.126. The lowest BCUT2D eigenvalue weighted by atomic mass is 10.3. The van der Waals surface area contributed by atoms with Crippen LogP contribution in [-0.4, -0.2) is 25.8 Å². The SMILES string of the molecule is CC(NC(=O)c1ccnn1C(C)C)c1ncon1. The zero-order valence-corrected chi connectivity index (χ0v) is 10.5. The Balaban J connectivity index is 2.10. The lowest BCUT2D eigenvalue weighted by Gasteiger charge is -2.13. The van der Waals surface area contributed by atoms with Crippen LogP contribution < -0.4 is 5.32 Å². The predicted molar refractivity (Wildman–Crippen MR) is 62.8 cm³/mol. The van der Waals surface area contributed by atoms with Gasteiger partial charge in [0.2, 0.25) is 6.39 Å². The molecule has 96 valence electrons. The van der Waals surface area contributed by atoms with E-state index in [9.17, 15) is 4.79 Å². The van der Waals surface area contributed by atoms with Crippen molar-refractivity contribution in [1.82, 2.24) is 25.2 Å². The van der Waals surface area contributed by atoms with Crippen molar-refractivity contribution in [2.24, 2.45) is 0 Å². The predicted octanol–water partition coefficient (Wildman–Crippen LogP) is 1.34. The molecule has 2 rings (SSSR count). The quantitative estimate of drug-likeness (QED) is 0.883. The van der Waals surface area contributed by atoms with Gasteiger partial charge in [-0.05, 0) is 26.8 Å². The zero-order valence-electron chi connectivity index (χ0n) is 10.5. The summed E-state index contributed by atoms with van der Waals surface area (Å²) in [5.74, 6) is 0.234. The van der Waals surface area contributed by atoms with Crippen LogP contribution in [0.4, 0.5) is 0 Å². The Morgan fingerprint density at radius 1 is 1.44 bits per heavy atom. The fourth-order valence-corrected chi connectivity index (χ4v) is 1.61. The number of hydrogen-bond donors (Lipinski definition) is 1. The van der Waals surface area contributed by atoms with Gasteiger partial charge in [0.05, 0.1) is 6.04 Å². The second-order valence-electron chi connectivity index (χ2n) is 4.24. The number of rotatable bonds is 4. The highest BCUT2D eigenvalue weighted by atomic mass is 16.5. The van der Waals surface area contributed by atoms with Crippen LogP contribution in [0.3, 0.4) is 0 Å². The topological polar surface area (TPSA) is 85.8 Å². The molecule has 2 aromatic rings. The van der Waals surface area contributed by atoms with Crippen molar-refractivity contribution in [2.75, 3.05) is 0 Å². The van der Waals surface area contributed by atoms with E-state index in [1.54, 1.807) is 23.9 Å². The second-order valence-corrected chi connectivity index (χ2v) is 4.24. The highest BCUT2D eigenvalue weighted by Crippen LogP contribution is 2.11. The first-order chi connectivity index (χ1) is 8.59. The van der Waals surface area contributed by atoms with Gasteiger partial charge >= 0.3 is 0 Å². The first kappa shape index (κ1) is 12.3. The number of nitrogens with zero attached hydrogens (tertiary/aromatic N) is 4. The maximum absolute atomic E-state index is 12.1. The Bertz CT molecular complexity index is 517. The van der Waals surface area contributed by atoms with Gasteiger partial charge in [-0.3, -0.25) is 9.48 Å². The van der Waals surface area contributed by atoms with Gasteiger partial charge in [-0.15, -0.1) is 0 Å². The first-order valence-electron chi connectivity index (χ1n) is 5.70. The highest BCUT2D eigenvalue weighted by molar-refractivity contribution is 5.92. The Morgan fingerprint density at radius 2 is 2.22 bits per heavy atom. The largest absolute Gasteiger partial charge is 0.343 e. The van der Waals surface area contributed by atoms with E-state index >= 15 is 0 Å². The Hall–Kier alpha value is -2.18. The summed E-state index contributed by atoms with van der Waals surface area (Å²) >= 11 is 0. The van der Waals surface area contributed by atoms with E-state index in [1.165, 1.54) is 6.39 Å². The lowest BCUT2D eigenvalue weighted by molar-refractivity contribution is 0.0925. The molecule has 1 atom stereocenters. The van der Waals surface area contributed by atoms with E-state index in [0.717, 1.165) is 0 Å². The van der Waals surface area contributed by atoms with Crippen LogP contribution in [0.2, 0.25) is 0 Å². The molecule has 2 heterocycles. The number of amides is 1. The van der Waals surface area contributed by atoms with Gasteiger partial charge in [0.1, 0.15) is 5.69 Å². The van der Waals surface area contributed by atoms with Gasteiger partial charge < -0.3 is 9.84 Å². The van der Waals surface area contributed by atoms with Crippen molar-refractivity contribution in [1.29, 1.82) is 0 Å². The third-order valence-electron chi connectivity index (χ3n) is 2.51. The number of hydrogen-bond acceptors (Lipinski definition) is 5. The van der Waals surface area contributed by atoms with Gasteiger partial charge in [-0.2, -0.15) is 10.1 Å². The average Bonchev–Trinajstić information content (AvgIpc) is 3.00. The number of aromatic nitrogens is 4. The van der Waals surface area contributed by atoms with Gasteiger partial charge in [0, 0.05) is 12.2 Å². The molecule has 0 fully saturated rings. The Morgan fingerprint density at radius 3 is 2.83 bits per heavy atom. The lowest BCUT2D eigenvalue weighted by Crippen LogP contribution is -2.29. The maximum atomic E-state index is 12.1. The summed E-state index contributed by atoms with van der Waals surface area (Å²) < 4.78 is 6.30. The van der Waals surface area contributed by atoms with Gasteiger partial charge in [0.25, 0.3) is 5.91 Å². The molecule has 0 bridgehead atoms. The molecular weight excluding hydrogens is 234 g/mol. The summed E-state index contributed by atoms with van der Waals surface area (Å²) in [4.78, 5) is 16.0. The van der Waals surface area contributed by atoms with E-state index in [4.69, 9.17) is 0 Å². The van der Waals surface area contributed by atoms with Crippen LogP contribution in [0, 0.1) is 0 Å². The summed E-state index contributed by atoms with van der Waals surface area (Å²) in [7, 11) is 0. The van der Waals surface area contributed by atoms with E-state index in [-0.39, 0.29) is 18.0 Å². The van der Waals surface area contributed by atoms with Gasteiger partial charge in [-0.1, -0.05) is 5.16 Å². The van der Waals surface area contributed by atoms with E-state index in [2.05, 4.69) is 25.1 Å². The highest BCUT2D eigenvalue weighted by Gasteiger charge is 2.18. The number of nitrogens with one attached hydrogen (secondary N) is 1. The Kier molecular flexibility index (Phi) is 3.40. The van der Waals surface area contributed by atoms with Crippen LogP contribution in [0.25, 0.3) is 0 Å². The molecule has 18 heavy (non-hydrogen) atoms. The molecule has 1 amide bonds. The molecule has 0 spiro atoms. The van der Waals surface area contributed by atoms with Crippen LogP contribution in [0.1, 0.15) is 49.2 Å². The molecule has 2 aromatic heterocycles. The van der Waals surface area contributed by atoms with E-state index in [0.29, 0.717) is 11.5 Å². The zero-order chi connectivity index (χ0) is 13.1. The van der Waals surface area contributed by atoms with E-state index < -0.39 is 0 Å². The molecule has 7 heteroatoms. The van der Waals surface area contributed by atoms with Crippen LogP contribution >= 0.6 is 0 Å². The monoisotopic (exact) mass is 249 g/mol. The molecule has 0 aliphatic heterocycles. The van der Waals surface area contributed by atoms with Gasteiger partial charge in [0.15, 0.2) is 5.82 Å². The molecule has 0 aliphatic rings. The first-order valence-corrected chi connectivity index (χ1v) is 5.70. The second kappa shape index (κ2) is 4.99. The standard InChI is InChI=1S/C11H15N5O2/c1-7(2)16-9(4-5-13-16)11(17)14-8(3)10-12-6-18-15-10/h4-8H,1-3H3,(H,14,17). The molecule has 0 saturated heterocycles.